The molecule has 0 aromatic heterocycles. The zero-order valence-electron chi connectivity index (χ0n) is 14.1. The molecule has 2 amide bonds. The number of hydrogen-bond acceptors (Lipinski definition) is 2. The van der Waals surface area contributed by atoms with E-state index in [1.807, 2.05) is 0 Å². The fourth-order valence-electron chi connectivity index (χ4n) is 2.90. The Labute approximate surface area is 153 Å². The molecule has 0 bridgehead atoms. The predicted octanol–water partition coefficient (Wildman–Crippen LogP) is 4.51. The van der Waals surface area contributed by atoms with Crippen LogP contribution >= 0.6 is 23.2 Å². The first-order valence-corrected chi connectivity index (χ1v) is 9.16. The van der Waals surface area contributed by atoms with E-state index in [1.54, 1.807) is 18.2 Å². The monoisotopic (exact) mass is 370 g/mol. The van der Waals surface area contributed by atoms with E-state index in [0.29, 0.717) is 41.0 Å². The van der Waals surface area contributed by atoms with Crippen LogP contribution in [0.5, 0.6) is 0 Å². The molecule has 1 aromatic rings. The van der Waals surface area contributed by atoms with E-state index in [1.165, 1.54) is 0 Å². The molecule has 0 unspecified atom stereocenters. The van der Waals surface area contributed by atoms with E-state index < -0.39 is 0 Å². The lowest BCUT2D eigenvalue weighted by Gasteiger charge is -2.27. The smallest absolute Gasteiger partial charge is 0.227 e. The van der Waals surface area contributed by atoms with Crippen LogP contribution in [0.2, 0.25) is 10.0 Å². The van der Waals surface area contributed by atoms with E-state index in [2.05, 4.69) is 24.5 Å². The first-order valence-electron chi connectivity index (χ1n) is 8.41. The topological polar surface area (TPSA) is 58.2 Å². The fourth-order valence-corrected chi connectivity index (χ4v) is 3.25. The van der Waals surface area contributed by atoms with Gasteiger partial charge in [0.1, 0.15) is 0 Å². The van der Waals surface area contributed by atoms with Crippen LogP contribution in [-0.2, 0) is 9.59 Å². The molecule has 6 heteroatoms. The summed E-state index contributed by atoms with van der Waals surface area (Å²) in [4.78, 5) is 24.5. The van der Waals surface area contributed by atoms with E-state index in [-0.39, 0.29) is 23.7 Å². The maximum atomic E-state index is 12.4. The van der Waals surface area contributed by atoms with E-state index in [4.69, 9.17) is 23.2 Å². The molecule has 1 aromatic carbocycles. The van der Waals surface area contributed by atoms with Gasteiger partial charge in [0, 0.05) is 18.4 Å². The molecule has 1 aliphatic carbocycles. The Hall–Kier alpha value is -1.26. The summed E-state index contributed by atoms with van der Waals surface area (Å²) in [7, 11) is 0. The van der Waals surface area contributed by atoms with Gasteiger partial charge in [-0.3, -0.25) is 9.59 Å². The summed E-state index contributed by atoms with van der Waals surface area (Å²) < 4.78 is 0. The van der Waals surface area contributed by atoms with Crippen molar-refractivity contribution in [1.82, 2.24) is 5.32 Å². The highest BCUT2D eigenvalue weighted by Gasteiger charge is 2.30. The highest BCUT2D eigenvalue weighted by Crippen LogP contribution is 2.33. The quantitative estimate of drug-likeness (QED) is 0.800. The van der Waals surface area contributed by atoms with Crippen molar-refractivity contribution >= 4 is 40.7 Å². The Morgan fingerprint density at radius 3 is 2.25 bits per heavy atom. The molecule has 0 spiro atoms. The third-order valence-corrected chi connectivity index (χ3v) is 5.18. The summed E-state index contributed by atoms with van der Waals surface area (Å²) in [6.07, 6.45) is 2.91. The number of amides is 2. The fraction of sp³-hybridized carbons (Fsp3) is 0.556. The summed E-state index contributed by atoms with van der Waals surface area (Å²) >= 11 is 12.1. The van der Waals surface area contributed by atoms with Gasteiger partial charge in [0.05, 0.1) is 15.7 Å². The second-order valence-electron chi connectivity index (χ2n) is 6.78. The average Bonchev–Trinajstić information content (AvgIpc) is 2.57. The van der Waals surface area contributed by atoms with Crippen molar-refractivity contribution in [3.63, 3.8) is 0 Å². The van der Waals surface area contributed by atoms with Crippen LogP contribution in [0.3, 0.4) is 0 Å². The average molecular weight is 371 g/mol. The molecule has 2 rings (SSSR count). The summed E-state index contributed by atoms with van der Waals surface area (Å²) in [6, 6.07) is 5.16. The molecule has 0 aliphatic heterocycles. The number of carbonyl (C=O) groups excluding carboxylic acids is 2. The Morgan fingerprint density at radius 2 is 1.67 bits per heavy atom. The highest BCUT2D eigenvalue weighted by molar-refractivity contribution is 6.44. The zero-order chi connectivity index (χ0) is 17.7. The Morgan fingerprint density at radius 1 is 1.08 bits per heavy atom. The van der Waals surface area contributed by atoms with Crippen molar-refractivity contribution in [3.05, 3.63) is 28.2 Å². The van der Waals surface area contributed by atoms with Gasteiger partial charge in [-0.05, 0) is 43.7 Å². The number of rotatable bonds is 5. The van der Waals surface area contributed by atoms with Crippen LogP contribution in [0.15, 0.2) is 18.2 Å². The first kappa shape index (κ1) is 19.1. The molecule has 1 fully saturated rings. The van der Waals surface area contributed by atoms with Crippen LogP contribution in [0.4, 0.5) is 5.69 Å². The molecule has 1 aliphatic rings. The standard InChI is InChI=1S/C18H24Cl2N2O2/c1-11(2)10-21-17(23)12-6-8-13(9-7-12)18(24)22-15-5-3-4-14(19)16(15)20/h3-5,11-13H,6-10H2,1-2H3,(H,21,23)(H,22,24). The van der Waals surface area contributed by atoms with Gasteiger partial charge in [-0.1, -0.05) is 43.1 Å². The first-order chi connectivity index (χ1) is 11.4. The molecule has 1 saturated carbocycles. The van der Waals surface area contributed by atoms with Gasteiger partial charge in [-0.15, -0.1) is 0 Å². The number of benzene rings is 1. The van der Waals surface area contributed by atoms with Gasteiger partial charge in [0.15, 0.2) is 0 Å². The third-order valence-electron chi connectivity index (χ3n) is 4.36. The van der Waals surface area contributed by atoms with Crippen molar-refractivity contribution < 1.29 is 9.59 Å². The van der Waals surface area contributed by atoms with E-state index >= 15 is 0 Å². The summed E-state index contributed by atoms with van der Waals surface area (Å²) in [5, 5.41) is 6.60. The van der Waals surface area contributed by atoms with Crippen LogP contribution < -0.4 is 10.6 Å². The normalized spacial score (nSPS) is 20.7. The number of carbonyl (C=O) groups is 2. The third kappa shape index (κ3) is 5.12. The van der Waals surface area contributed by atoms with Gasteiger partial charge in [0.2, 0.25) is 11.8 Å². The molecule has 24 heavy (non-hydrogen) atoms. The van der Waals surface area contributed by atoms with Gasteiger partial charge < -0.3 is 10.6 Å². The molecule has 4 nitrogen and oxygen atoms in total. The Balaban J connectivity index is 1.84. The Bertz CT molecular complexity index is 597. The van der Waals surface area contributed by atoms with Crippen molar-refractivity contribution in [2.45, 2.75) is 39.5 Å². The molecule has 2 N–H and O–H groups in total. The molecule has 0 saturated heterocycles. The zero-order valence-corrected chi connectivity index (χ0v) is 15.6. The van der Waals surface area contributed by atoms with Crippen LogP contribution in [0, 0.1) is 17.8 Å². The lowest BCUT2D eigenvalue weighted by molar-refractivity contribution is -0.128. The Kier molecular flexibility index (Phi) is 6.93. The number of nitrogens with one attached hydrogen (secondary N) is 2. The SMILES string of the molecule is CC(C)CNC(=O)C1CCC(C(=O)Nc2cccc(Cl)c2Cl)CC1. The molecular weight excluding hydrogens is 347 g/mol. The summed E-state index contributed by atoms with van der Waals surface area (Å²) in [6.45, 7) is 4.84. The number of hydrogen-bond donors (Lipinski definition) is 2. The van der Waals surface area contributed by atoms with Crippen molar-refractivity contribution in [2.24, 2.45) is 17.8 Å². The maximum absolute atomic E-state index is 12.4. The second kappa shape index (κ2) is 8.72. The number of halogens is 2. The van der Waals surface area contributed by atoms with Crippen LogP contribution in [-0.4, -0.2) is 18.4 Å². The lowest BCUT2D eigenvalue weighted by Crippen LogP contribution is -2.37. The van der Waals surface area contributed by atoms with Crippen molar-refractivity contribution in [3.8, 4) is 0 Å². The van der Waals surface area contributed by atoms with E-state index in [9.17, 15) is 9.59 Å². The van der Waals surface area contributed by atoms with E-state index in [0.717, 1.165) is 12.8 Å². The summed E-state index contributed by atoms with van der Waals surface area (Å²) in [5.74, 6) is 0.427. The molecule has 0 heterocycles. The van der Waals surface area contributed by atoms with Gasteiger partial charge >= 0.3 is 0 Å². The lowest BCUT2D eigenvalue weighted by atomic mass is 9.81. The molecule has 132 valence electrons. The van der Waals surface area contributed by atoms with Crippen LogP contribution in [0.25, 0.3) is 0 Å². The highest BCUT2D eigenvalue weighted by atomic mass is 35.5. The van der Waals surface area contributed by atoms with Gasteiger partial charge in [0.25, 0.3) is 0 Å². The number of anilines is 1. The molecule has 0 radical (unpaired) electrons. The summed E-state index contributed by atoms with van der Waals surface area (Å²) in [5.41, 5.74) is 0.533. The second-order valence-corrected chi connectivity index (χ2v) is 7.56. The van der Waals surface area contributed by atoms with Crippen molar-refractivity contribution in [2.75, 3.05) is 11.9 Å². The predicted molar refractivity (Wildman–Crippen MR) is 98.4 cm³/mol. The minimum Gasteiger partial charge on any atom is -0.356 e. The minimum atomic E-state index is -0.0887. The van der Waals surface area contributed by atoms with Crippen molar-refractivity contribution in [1.29, 1.82) is 0 Å². The molecule has 0 atom stereocenters. The largest absolute Gasteiger partial charge is 0.356 e. The van der Waals surface area contributed by atoms with Crippen LogP contribution in [0.1, 0.15) is 39.5 Å². The maximum Gasteiger partial charge on any atom is 0.227 e. The van der Waals surface area contributed by atoms with Gasteiger partial charge in [-0.25, -0.2) is 0 Å². The minimum absolute atomic E-state index is 0.0163. The van der Waals surface area contributed by atoms with Gasteiger partial charge in [-0.2, -0.15) is 0 Å². The molecular formula is C18H24Cl2N2O2.